The number of rotatable bonds is 2. The fourth-order valence-corrected chi connectivity index (χ4v) is 1.98. The van der Waals surface area contributed by atoms with Crippen LogP contribution in [0.1, 0.15) is 27.2 Å². The van der Waals surface area contributed by atoms with Crippen molar-refractivity contribution in [3.63, 3.8) is 0 Å². The highest BCUT2D eigenvalue weighted by Crippen LogP contribution is 2.34. The molecule has 0 saturated carbocycles. The van der Waals surface area contributed by atoms with E-state index in [0.29, 0.717) is 11.3 Å². The van der Waals surface area contributed by atoms with Crippen molar-refractivity contribution in [3.05, 3.63) is 0 Å². The molecule has 12 heavy (non-hydrogen) atoms. The first kappa shape index (κ1) is 10.0. The van der Waals surface area contributed by atoms with Gasteiger partial charge in [-0.05, 0) is 37.4 Å². The summed E-state index contributed by atoms with van der Waals surface area (Å²) < 4.78 is 0. The van der Waals surface area contributed by atoms with E-state index in [0.717, 1.165) is 6.54 Å². The van der Waals surface area contributed by atoms with Crippen molar-refractivity contribution in [2.24, 2.45) is 17.1 Å². The Kier molecular flexibility index (Phi) is 3.13. The van der Waals surface area contributed by atoms with Gasteiger partial charge in [0, 0.05) is 6.54 Å². The predicted octanol–water partition coefficient (Wildman–Crippen LogP) is 1.31. The number of hydrogen-bond acceptors (Lipinski definition) is 2. The first-order chi connectivity index (χ1) is 5.60. The molecule has 2 heteroatoms. The average Bonchev–Trinajstić information content (AvgIpc) is 2.04. The van der Waals surface area contributed by atoms with E-state index >= 15 is 0 Å². The van der Waals surface area contributed by atoms with Crippen LogP contribution in [0.25, 0.3) is 0 Å². The van der Waals surface area contributed by atoms with Crippen LogP contribution in [-0.4, -0.2) is 31.1 Å². The van der Waals surface area contributed by atoms with Crippen molar-refractivity contribution in [1.29, 1.82) is 0 Å². The molecule has 72 valence electrons. The molecule has 1 fully saturated rings. The van der Waals surface area contributed by atoms with Gasteiger partial charge in [-0.1, -0.05) is 20.8 Å². The van der Waals surface area contributed by atoms with Crippen LogP contribution in [0.2, 0.25) is 0 Å². The number of likely N-dealkylation sites (tertiary alicyclic amines) is 1. The van der Waals surface area contributed by atoms with Crippen LogP contribution >= 0.6 is 0 Å². The largest absolute Gasteiger partial charge is 0.330 e. The van der Waals surface area contributed by atoms with Gasteiger partial charge >= 0.3 is 0 Å². The molecule has 0 amide bonds. The van der Waals surface area contributed by atoms with Gasteiger partial charge in [-0.3, -0.25) is 0 Å². The highest BCUT2D eigenvalue weighted by atomic mass is 15.1. The van der Waals surface area contributed by atoms with Gasteiger partial charge in [0.15, 0.2) is 0 Å². The molecule has 0 bridgehead atoms. The second-order valence-corrected chi connectivity index (χ2v) is 4.56. The maximum absolute atomic E-state index is 5.77. The quantitative estimate of drug-likeness (QED) is 0.677. The standard InChI is InChI=1S/C10H22N2/c1-4-12-6-5-10(2,3)9(7-11)8-12/h9H,4-8,11H2,1-3H3. The normalized spacial score (nSPS) is 30.5. The molecule has 0 aromatic carbocycles. The van der Waals surface area contributed by atoms with E-state index in [1.165, 1.54) is 26.1 Å². The zero-order valence-corrected chi connectivity index (χ0v) is 8.64. The number of piperidine rings is 1. The highest BCUT2D eigenvalue weighted by molar-refractivity contribution is 4.86. The molecular weight excluding hydrogens is 148 g/mol. The molecule has 1 saturated heterocycles. The second kappa shape index (κ2) is 3.75. The van der Waals surface area contributed by atoms with E-state index in [-0.39, 0.29) is 0 Å². The lowest BCUT2D eigenvalue weighted by molar-refractivity contribution is 0.0687. The number of hydrogen-bond donors (Lipinski definition) is 1. The van der Waals surface area contributed by atoms with Crippen molar-refractivity contribution in [2.75, 3.05) is 26.2 Å². The van der Waals surface area contributed by atoms with Gasteiger partial charge in [0.2, 0.25) is 0 Å². The Bertz CT molecular complexity index is 143. The van der Waals surface area contributed by atoms with Crippen LogP contribution in [0.3, 0.4) is 0 Å². The zero-order valence-electron chi connectivity index (χ0n) is 8.64. The number of nitrogens with zero attached hydrogens (tertiary/aromatic N) is 1. The third-order valence-electron chi connectivity index (χ3n) is 3.39. The summed E-state index contributed by atoms with van der Waals surface area (Å²) in [5.41, 5.74) is 6.23. The summed E-state index contributed by atoms with van der Waals surface area (Å²) in [7, 11) is 0. The Morgan fingerprint density at radius 3 is 2.67 bits per heavy atom. The van der Waals surface area contributed by atoms with Gasteiger partial charge in [-0.2, -0.15) is 0 Å². The molecule has 2 N–H and O–H groups in total. The Morgan fingerprint density at radius 2 is 2.17 bits per heavy atom. The monoisotopic (exact) mass is 170 g/mol. The molecule has 0 aromatic rings. The highest BCUT2D eigenvalue weighted by Gasteiger charge is 2.33. The fourth-order valence-electron chi connectivity index (χ4n) is 1.98. The second-order valence-electron chi connectivity index (χ2n) is 4.56. The van der Waals surface area contributed by atoms with E-state index in [2.05, 4.69) is 25.7 Å². The summed E-state index contributed by atoms with van der Waals surface area (Å²) >= 11 is 0. The van der Waals surface area contributed by atoms with Crippen LogP contribution in [0.15, 0.2) is 0 Å². The first-order valence-corrected chi connectivity index (χ1v) is 5.02. The first-order valence-electron chi connectivity index (χ1n) is 5.02. The molecule has 1 aliphatic heterocycles. The summed E-state index contributed by atoms with van der Waals surface area (Å²) in [5, 5.41) is 0. The molecule has 0 radical (unpaired) electrons. The Morgan fingerprint density at radius 1 is 1.50 bits per heavy atom. The minimum Gasteiger partial charge on any atom is -0.330 e. The van der Waals surface area contributed by atoms with Crippen molar-refractivity contribution >= 4 is 0 Å². The molecule has 0 aromatic heterocycles. The van der Waals surface area contributed by atoms with Crippen LogP contribution in [0.4, 0.5) is 0 Å². The number of nitrogens with two attached hydrogens (primary N) is 1. The summed E-state index contributed by atoms with van der Waals surface area (Å²) in [5.74, 6) is 0.686. The molecule has 1 rings (SSSR count). The van der Waals surface area contributed by atoms with Crippen LogP contribution in [0, 0.1) is 11.3 Å². The van der Waals surface area contributed by atoms with Gasteiger partial charge in [0.1, 0.15) is 0 Å². The van der Waals surface area contributed by atoms with Gasteiger partial charge in [0.25, 0.3) is 0 Å². The van der Waals surface area contributed by atoms with Crippen molar-refractivity contribution < 1.29 is 0 Å². The maximum atomic E-state index is 5.77. The van der Waals surface area contributed by atoms with Gasteiger partial charge in [0.05, 0.1) is 0 Å². The van der Waals surface area contributed by atoms with Gasteiger partial charge < -0.3 is 10.6 Å². The van der Waals surface area contributed by atoms with Crippen LogP contribution in [0.5, 0.6) is 0 Å². The maximum Gasteiger partial charge on any atom is 0.00267 e. The molecule has 2 nitrogen and oxygen atoms in total. The van der Waals surface area contributed by atoms with Gasteiger partial charge in [-0.15, -0.1) is 0 Å². The molecule has 1 heterocycles. The topological polar surface area (TPSA) is 29.3 Å². The molecule has 0 spiro atoms. The Hall–Kier alpha value is -0.0800. The van der Waals surface area contributed by atoms with E-state index in [1.807, 2.05) is 0 Å². The molecule has 1 atom stereocenters. The lowest BCUT2D eigenvalue weighted by Gasteiger charge is -2.43. The average molecular weight is 170 g/mol. The zero-order chi connectivity index (χ0) is 9.19. The predicted molar refractivity (Wildman–Crippen MR) is 53.1 cm³/mol. The van der Waals surface area contributed by atoms with E-state index in [4.69, 9.17) is 5.73 Å². The van der Waals surface area contributed by atoms with Crippen molar-refractivity contribution in [1.82, 2.24) is 4.90 Å². The van der Waals surface area contributed by atoms with E-state index in [1.54, 1.807) is 0 Å². The Labute approximate surface area is 76.1 Å². The summed E-state index contributed by atoms with van der Waals surface area (Å²) in [6, 6.07) is 0. The van der Waals surface area contributed by atoms with E-state index in [9.17, 15) is 0 Å². The molecule has 1 aliphatic rings. The smallest absolute Gasteiger partial charge is 0.00267 e. The summed E-state index contributed by atoms with van der Waals surface area (Å²) in [6.07, 6.45) is 1.29. The van der Waals surface area contributed by atoms with Crippen molar-refractivity contribution in [3.8, 4) is 0 Å². The van der Waals surface area contributed by atoms with Gasteiger partial charge in [-0.25, -0.2) is 0 Å². The SMILES string of the molecule is CCN1CCC(C)(C)C(CN)C1. The molecule has 1 unspecified atom stereocenters. The fraction of sp³-hybridized carbons (Fsp3) is 1.00. The lowest BCUT2D eigenvalue weighted by Crippen LogP contribution is -2.47. The summed E-state index contributed by atoms with van der Waals surface area (Å²) in [4.78, 5) is 2.50. The minimum atomic E-state index is 0.459. The van der Waals surface area contributed by atoms with Crippen LogP contribution in [-0.2, 0) is 0 Å². The van der Waals surface area contributed by atoms with Crippen molar-refractivity contribution in [2.45, 2.75) is 27.2 Å². The van der Waals surface area contributed by atoms with Crippen LogP contribution < -0.4 is 5.73 Å². The third kappa shape index (κ3) is 1.99. The molecular formula is C10H22N2. The minimum absolute atomic E-state index is 0.459. The lowest BCUT2D eigenvalue weighted by atomic mass is 9.73. The molecule has 0 aliphatic carbocycles. The van der Waals surface area contributed by atoms with E-state index < -0.39 is 0 Å². The Balaban J connectivity index is 2.54. The third-order valence-corrected chi connectivity index (χ3v) is 3.39. The summed E-state index contributed by atoms with van der Waals surface area (Å²) in [6.45, 7) is 11.4.